The zero-order valence-corrected chi connectivity index (χ0v) is 22.4. The SMILES string of the molecule is CCCCCCCCCCCCC(=O)OP(=O)(O)OC(=O)CCCCCCCCCCCC. The Hall–Kier alpha value is -0.870. The molecule has 0 saturated carbocycles. The molecule has 196 valence electrons. The molecule has 0 spiro atoms. The number of phosphoric ester groups is 1. The van der Waals surface area contributed by atoms with E-state index < -0.39 is 19.8 Å². The highest BCUT2D eigenvalue weighted by molar-refractivity contribution is 7.48. The first kappa shape index (κ1) is 32.1. The van der Waals surface area contributed by atoms with Crippen LogP contribution in [-0.2, 0) is 23.2 Å². The van der Waals surface area contributed by atoms with Crippen LogP contribution in [-0.4, -0.2) is 16.8 Å². The van der Waals surface area contributed by atoms with E-state index in [0.717, 1.165) is 38.5 Å². The summed E-state index contributed by atoms with van der Waals surface area (Å²) in [5, 5.41) is 0. The molecule has 0 aliphatic heterocycles. The smallest absolute Gasteiger partial charge is 0.361 e. The lowest BCUT2D eigenvalue weighted by Crippen LogP contribution is -2.08. The molecule has 0 aliphatic rings. The van der Waals surface area contributed by atoms with Crippen molar-refractivity contribution in [3.63, 3.8) is 0 Å². The van der Waals surface area contributed by atoms with Crippen LogP contribution < -0.4 is 0 Å². The third-order valence-corrected chi connectivity index (χ3v) is 6.77. The van der Waals surface area contributed by atoms with Crippen LogP contribution in [0.4, 0.5) is 0 Å². The van der Waals surface area contributed by atoms with Gasteiger partial charge in [-0.3, -0.25) is 14.5 Å². The lowest BCUT2D eigenvalue weighted by molar-refractivity contribution is -0.140. The molecule has 0 atom stereocenters. The summed E-state index contributed by atoms with van der Waals surface area (Å²) in [6.45, 7) is 4.42. The summed E-state index contributed by atoms with van der Waals surface area (Å²) in [4.78, 5) is 33.2. The minimum absolute atomic E-state index is 0.0665. The van der Waals surface area contributed by atoms with E-state index in [1.807, 2.05) is 0 Å². The van der Waals surface area contributed by atoms with Gasteiger partial charge >= 0.3 is 19.8 Å². The Labute approximate surface area is 203 Å². The minimum Gasteiger partial charge on any atom is -0.361 e. The van der Waals surface area contributed by atoms with Crippen LogP contribution in [0, 0.1) is 0 Å². The highest BCUT2D eigenvalue weighted by Gasteiger charge is 2.30. The summed E-state index contributed by atoms with van der Waals surface area (Å²) < 4.78 is 20.9. The maximum Gasteiger partial charge on any atom is 0.589 e. The van der Waals surface area contributed by atoms with E-state index >= 15 is 0 Å². The fourth-order valence-electron chi connectivity index (χ4n) is 3.88. The first-order valence-corrected chi connectivity index (χ1v) is 15.2. The van der Waals surface area contributed by atoms with Crippen molar-refractivity contribution in [3.8, 4) is 0 Å². The van der Waals surface area contributed by atoms with Crippen molar-refractivity contribution < 1.29 is 28.1 Å². The molecule has 7 heteroatoms. The number of carbonyl (C=O) groups excluding carboxylic acids is 2. The zero-order valence-electron chi connectivity index (χ0n) is 21.5. The van der Waals surface area contributed by atoms with Crippen LogP contribution in [0.3, 0.4) is 0 Å². The van der Waals surface area contributed by atoms with Crippen molar-refractivity contribution in [2.24, 2.45) is 0 Å². The van der Waals surface area contributed by atoms with Crippen LogP contribution >= 0.6 is 7.82 Å². The van der Waals surface area contributed by atoms with E-state index in [0.29, 0.717) is 12.8 Å². The van der Waals surface area contributed by atoms with E-state index in [4.69, 9.17) is 0 Å². The molecule has 0 heterocycles. The first-order chi connectivity index (χ1) is 15.9. The van der Waals surface area contributed by atoms with Crippen molar-refractivity contribution in [1.29, 1.82) is 0 Å². The van der Waals surface area contributed by atoms with Gasteiger partial charge in [0.2, 0.25) is 0 Å². The van der Waals surface area contributed by atoms with Gasteiger partial charge in [-0.2, -0.15) is 0 Å². The van der Waals surface area contributed by atoms with E-state index in [9.17, 15) is 19.0 Å². The molecule has 0 amide bonds. The summed E-state index contributed by atoms with van der Waals surface area (Å²) >= 11 is 0. The van der Waals surface area contributed by atoms with Gasteiger partial charge in [0.1, 0.15) is 0 Å². The number of hydrogen-bond acceptors (Lipinski definition) is 5. The molecular formula is C26H51O6P. The molecule has 6 nitrogen and oxygen atoms in total. The number of phosphoric acid groups is 1. The molecule has 0 fully saturated rings. The van der Waals surface area contributed by atoms with Gasteiger partial charge in [-0.15, -0.1) is 0 Å². The highest BCUT2D eigenvalue weighted by atomic mass is 31.2. The van der Waals surface area contributed by atoms with Gasteiger partial charge in [0.05, 0.1) is 0 Å². The van der Waals surface area contributed by atoms with Crippen LogP contribution in [0.15, 0.2) is 0 Å². The first-order valence-electron chi connectivity index (χ1n) is 13.7. The third kappa shape index (κ3) is 24.1. The average molecular weight is 491 g/mol. The Morgan fingerprint density at radius 2 is 0.758 bits per heavy atom. The fraction of sp³-hybridized carbons (Fsp3) is 0.923. The van der Waals surface area contributed by atoms with E-state index in [1.165, 1.54) is 77.0 Å². The molecular weight excluding hydrogens is 439 g/mol. The quantitative estimate of drug-likeness (QED) is 0.107. The minimum atomic E-state index is -4.66. The Kier molecular flexibility index (Phi) is 22.3. The van der Waals surface area contributed by atoms with Crippen LogP contribution in [0.1, 0.15) is 155 Å². The summed E-state index contributed by atoms with van der Waals surface area (Å²) in [5.74, 6) is -1.57. The Morgan fingerprint density at radius 1 is 0.515 bits per heavy atom. The normalized spacial score (nSPS) is 11.5. The van der Waals surface area contributed by atoms with Crippen LogP contribution in [0.5, 0.6) is 0 Å². The molecule has 0 aliphatic carbocycles. The molecule has 33 heavy (non-hydrogen) atoms. The van der Waals surface area contributed by atoms with Crippen LogP contribution in [0.25, 0.3) is 0 Å². The molecule has 0 saturated heterocycles. The van der Waals surface area contributed by atoms with E-state index in [-0.39, 0.29) is 12.8 Å². The second-order valence-electron chi connectivity index (χ2n) is 9.26. The Balaban J connectivity index is 3.65. The molecule has 0 aromatic heterocycles. The maximum absolute atomic E-state index is 11.9. The Morgan fingerprint density at radius 3 is 1.03 bits per heavy atom. The van der Waals surface area contributed by atoms with Gasteiger partial charge in [-0.05, 0) is 12.8 Å². The number of carbonyl (C=O) groups is 2. The van der Waals surface area contributed by atoms with Gasteiger partial charge in [-0.1, -0.05) is 129 Å². The predicted molar refractivity (Wildman–Crippen MR) is 135 cm³/mol. The van der Waals surface area contributed by atoms with Crippen molar-refractivity contribution in [2.45, 2.75) is 155 Å². The predicted octanol–water partition coefficient (Wildman–Crippen LogP) is 8.80. The molecule has 0 unspecified atom stereocenters. The second kappa shape index (κ2) is 22.9. The summed E-state index contributed by atoms with van der Waals surface area (Å²) in [6.07, 6.45) is 22.8. The van der Waals surface area contributed by atoms with Gasteiger partial charge in [-0.25, -0.2) is 4.57 Å². The number of hydrogen-bond donors (Lipinski definition) is 1. The monoisotopic (exact) mass is 490 g/mol. The lowest BCUT2D eigenvalue weighted by atomic mass is 10.1. The molecule has 0 aromatic rings. The van der Waals surface area contributed by atoms with Gasteiger partial charge in [0, 0.05) is 12.8 Å². The molecule has 0 bridgehead atoms. The highest BCUT2D eigenvalue weighted by Crippen LogP contribution is 2.44. The van der Waals surface area contributed by atoms with Crippen molar-refractivity contribution in [2.75, 3.05) is 0 Å². The van der Waals surface area contributed by atoms with Crippen molar-refractivity contribution in [1.82, 2.24) is 0 Å². The second-order valence-corrected chi connectivity index (χ2v) is 10.6. The topological polar surface area (TPSA) is 89.9 Å². The lowest BCUT2D eigenvalue weighted by Gasteiger charge is -2.11. The van der Waals surface area contributed by atoms with Gasteiger partial charge < -0.3 is 9.05 Å². The summed E-state index contributed by atoms with van der Waals surface area (Å²) in [6, 6.07) is 0. The van der Waals surface area contributed by atoms with Crippen molar-refractivity contribution in [3.05, 3.63) is 0 Å². The van der Waals surface area contributed by atoms with E-state index in [1.54, 1.807) is 0 Å². The maximum atomic E-state index is 11.9. The average Bonchev–Trinajstić information content (AvgIpc) is 2.75. The molecule has 0 radical (unpaired) electrons. The van der Waals surface area contributed by atoms with Gasteiger partial charge in [0.15, 0.2) is 0 Å². The fourth-order valence-corrected chi connectivity index (χ4v) is 4.62. The largest absolute Gasteiger partial charge is 0.589 e. The zero-order chi connectivity index (χ0) is 24.6. The molecule has 0 aromatic carbocycles. The summed E-state index contributed by atoms with van der Waals surface area (Å²) in [5.41, 5.74) is 0. The number of rotatable bonds is 24. The number of unbranched alkanes of at least 4 members (excludes halogenated alkanes) is 18. The molecule has 0 rings (SSSR count). The van der Waals surface area contributed by atoms with Crippen LogP contribution in [0.2, 0.25) is 0 Å². The van der Waals surface area contributed by atoms with Crippen molar-refractivity contribution >= 4 is 19.8 Å². The third-order valence-electron chi connectivity index (χ3n) is 5.90. The Bertz CT molecular complexity index is 481. The van der Waals surface area contributed by atoms with E-state index in [2.05, 4.69) is 22.9 Å². The summed E-state index contributed by atoms with van der Waals surface area (Å²) in [7, 11) is -4.66. The molecule has 1 N–H and O–H groups in total. The standard InChI is InChI=1S/C26H51O6P/c1-3-5-7-9-11-13-15-17-19-21-23-25(27)31-33(29,30)32-26(28)24-22-20-18-16-14-12-10-8-6-4-2/h3-24H2,1-2H3,(H,29,30). The van der Waals surface area contributed by atoms with Gasteiger partial charge in [0.25, 0.3) is 0 Å².